The van der Waals surface area contributed by atoms with Gasteiger partial charge in [0.05, 0.1) is 5.60 Å². The molecule has 0 radical (unpaired) electrons. The maximum atomic E-state index is 13.8. The maximum absolute atomic E-state index is 13.8. The summed E-state index contributed by atoms with van der Waals surface area (Å²) in [6.07, 6.45) is 1.04. The van der Waals surface area contributed by atoms with E-state index in [9.17, 15) is 13.9 Å². The van der Waals surface area contributed by atoms with Crippen molar-refractivity contribution in [1.29, 1.82) is 0 Å². The first-order valence-corrected chi connectivity index (χ1v) is 6.02. The van der Waals surface area contributed by atoms with Gasteiger partial charge in [-0.3, -0.25) is 0 Å². The van der Waals surface area contributed by atoms with Gasteiger partial charge in [0, 0.05) is 5.56 Å². The number of aryl methyl sites for hydroxylation is 1. The summed E-state index contributed by atoms with van der Waals surface area (Å²) in [4.78, 5) is 0. The Morgan fingerprint density at radius 1 is 1.24 bits per heavy atom. The van der Waals surface area contributed by atoms with Crippen molar-refractivity contribution in [2.24, 2.45) is 11.8 Å². The molecule has 1 nitrogen and oxygen atoms in total. The van der Waals surface area contributed by atoms with E-state index in [0.29, 0.717) is 24.7 Å². The Balaban J connectivity index is 2.28. The van der Waals surface area contributed by atoms with Crippen LogP contribution in [0.5, 0.6) is 0 Å². The molecule has 0 heterocycles. The molecule has 0 spiro atoms. The minimum absolute atomic E-state index is 0.109. The van der Waals surface area contributed by atoms with Crippen LogP contribution in [0.25, 0.3) is 0 Å². The fraction of sp³-hybridized carbons (Fsp3) is 0.571. The van der Waals surface area contributed by atoms with E-state index in [4.69, 9.17) is 0 Å². The van der Waals surface area contributed by atoms with Crippen molar-refractivity contribution in [1.82, 2.24) is 0 Å². The molecule has 1 aromatic carbocycles. The van der Waals surface area contributed by atoms with E-state index in [1.807, 2.05) is 0 Å². The van der Waals surface area contributed by atoms with Crippen LogP contribution in [0.15, 0.2) is 12.1 Å². The lowest BCUT2D eigenvalue weighted by Crippen LogP contribution is -2.44. The van der Waals surface area contributed by atoms with Crippen molar-refractivity contribution in [3.05, 3.63) is 34.9 Å². The lowest BCUT2D eigenvalue weighted by molar-refractivity contribution is -0.0959. The molecule has 1 saturated carbocycles. The monoisotopic (exact) mass is 240 g/mol. The van der Waals surface area contributed by atoms with Crippen molar-refractivity contribution < 1.29 is 13.9 Å². The molecule has 3 heteroatoms. The van der Waals surface area contributed by atoms with Crippen molar-refractivity contribution in [2.45, 2.75) is 39.2 Å². The average Bonchev–Trinajstić information content (AvgIpc) is 2.21. The van der Waals surface area contributed by atoms with Crippen LogP contribution in [-0.2, 0) is 5.60 Å². The minimum Gasteiger partial charge on any atom is -0.385 e. The third kappa shape index (κ3) is 1.97. The fourth-order valence-corrected chi connectivity index (χ4v) is 2.50. The summed E-state index contributed by atoms with van der Waals surface area (Å²) in [5, 5.41) is 10.3. The first-order chi connectivity index (χ1) is 7.85. The van der Waals surface area contributed by atoms with Crippen LogP contribution in [0.4, 0.5) is 8.78 Å². The van der Waals surface area contributed by atoms with Crippen LogP contribution in [-0.4, -0.2) is 5.11 Å². The molecule has 0 atom stereocenters. The Morgan fingerprint density at radius 3 is 2.35 bits per heavy atom. The number of rotatable bonds is 2. The number of aliphatic hydroxyl groups is 1. The normalized spacial score (nSPS) is 28.3. The summed E-state index contributed by atoms with van der Waals surface area (Å²) < 4.78 is 27.2. The van der Waals surface area contributed by atoms with E-state index in [1.54, 1.807) is 0 Å². The maximum Gasteiger partial charge on any atom is 0.165 e. The van der Waals surface area contributed by atoms with Crippen LogP contribution in [0.1, 0.15) is 37.8 Å². The van der Waals surface area contributed by atoms with Crippen LogP contribution >= 0.6 is 0 Å². The second-order valence-corrected chi connectivity index (χ2v) is 5.50. The molecule has 1 N–H and O–H groups in total. The van der Waals surface area contributed by atoms with Gasteiger partial charge in [0.2, 0.25) is 0 Å². The molecular formula is C14H18F2O. The second kappa shape index (κ2) is 4.05. The van der Waals surface area contributed by atoms with Crippen molar-refractivity contribution >= 4 is 0 Å². The first kappa shape index (κ1) is 12.5. The van der Waals surface area contributed by atoms with Crippen LogP contribution in [0.3, 0.4) is 0 Å². The first-order valence-electron chi connectivity index (χ1n) is 6.02. The highest BCUT2D eigenvalue weighted by Gasteiger charge is 2.46. The molecule has 0 saturated heterocycles. The standard InChI is InChI=1S/C14H18F2O/c1-8(2)10-6-14(17,7-10)11-5-4-9(3)12(15)13(11)16/h4-5,8,10,17H,6-7H2,1-3H3. The highest BCUT2D eigenvalue weighted by Crippen LogP contribution is 2.49. The van der Waals surface area contributed by atoms with E-state index in [1.165, 1.54) is 19.1 Å². The molecule has 0 unspecified atom stereocenters. The van der Waals surface area contributed by atoms with Gasteiger partial charge in [-0.2, -0.15) is 0 Å². The zero-order valence-electron chi connectivity index (χ0n) is 10.4. The Morgan fingerprint density at radius 2 is 1.82 bits per heavy atom. The molecule has 1 aliphatic rings. The van der Waals surface area contributed by atoms with Gasteiger partial charge < -0.3 is 5.11 Å². The molecular weight excluding hydrogens is 222 g/mol. The zero-order valence-corrected chi connectivity index (χ0v) is 10.4. The van der Waals surface area contributed by atoms with Crippen molar-refractivity contribution in [2.75, 3.05) is 0 Å². The molecule has 1 fully saturated rings. The lowest BCUT2D eigenvalue weighted by atomic mass is 9.63. The van der Waals surface area contributed by atoms with Gasteiger partial charge in [-0.25, -0.2) is 8.78 Å². The molecule has 17 heavy (non-hydrogen) atoms. The molecule has 94 valence electrons. The average molecular weight is 240 g/mol. The lowest BCUT2D eigenvalue weighted by Gasteiger charge is -2.46. The Labute approximate surface area is 100 Å². The highest BCUT2D eigenvalue weighted by atomic mass is 19.2. The zero-order chi connectivity index (χ0) is 12.8. The highest BCUT2D eigenvalue weighted by molar-refractivity contribution is 5.31. The largest absolute Gasteiger partial charge is 0.385 e. The third-order valence-corrected chi connectivity index (χ3v) is 3.92. The smallest absolute Gasteiger partial charge is 0.165 e. The van der Waals surface area contributed by atoms with E-state index in [-0.39, 0.29) is 11.1 Å². The summed E-state index contributed by atoms with van der Waals surface area (Å²) in [5.41, 5.74) is -0.791. The van der Waals surface area contributed by atoms with Gasteiger partial charge in [0.15, 0.2) is 11.6 Å². The third-order valence-electron chi connectivity index (χ3n) is 3.92. The van der Waals surface area contributed by atoms with Crippen molar-refractivity contribution in [3.63, 3.8) is 0 Å². The summed E-state index contributed by atoms with van der Waals surface area (Å²) in [7, 11) is 0. The van der Waals surface area contributed by atoms with E-state index < -0.39 is 17.2 Å². The topological polar surface area (TPSA) is 20.2 Å². The van der Waals surface area contributed by atoms with E-state index >= 15 is 0 Å². The number of hydrogen-bond acceptors (Lipinski definition) is 1. The molecule has 0 aromatic heterocycles. The molecule has 1 aromatic rings. The summed E-state index contributed by atoms with van der Waals surface area (Å²) in [6, 6.07) is 3.03. The second-order valence-electron chi connectivity index (χ2n) is 5.50. The summed E-state index contributed by atoms with van der Waals surface area (Å²) in [5.74, 6) is -0.879. The van der Waals surface area contributed by atoms with E-state index in [0.717, 1.165) is 0 Å². The van der Waals surface area contributed by atoms with Crippen LogP contribution < -0.4 is 0 Å². The molecule has 1 aliphatic carbocycles. The summed E-state index contributed by atoms with van der Waals surface area (Å²) in [6.45, 7) is 5.68. The fourth-order valence-electron chi connectivity index (χ4n) is 2.50. The molecule has 2 rings (SSSR count). The van der Waals surface area contributed by atoms with Gasteiger partial charge in [-0.05, 0) is 37.2 Å². The predicted octanol–water partition coefficient (Wildman–Crippen LogP) is 3.53. The molecule has 0 amide bonds. The number of halogens is 2. The number of hydrogen-bond donors (Lipinski definition) is 1. The minimum atomic E-state index is -1.17. The van der Waals surface area contributed by atoms with Gasteiger partial charge in [0.25, 0.3) is 0 Å². The van der Waals surface area contributed by atoms with Crippen LogP contribution in [0.2, 0.25) is 0 Å². The molecule has 0 aliphatic heterocycles. The van der Waals surface area contributed by atoms with Gasteiger partial charge >= 0.3 is 0 Å². The number of benzene rings is 1. The van der Waals surface area contributed by atoms with Gasteiger partial charge in [-0.1, -0.05) is 26.0 Å². The van der Waals surface area contributed by atoms with E-state index in [2.05, 4.69) is 13.8 Å². The predicted molar refractivity (Wildman–Crippen MR) is 62.6 cm³/mol. The van der Waals surface area contributed by atoms with Crippen molar-refractivity contribution in [3.8, 4) is 0 Å². The van der Waals surface area contributed by atoms with Gasteiger partial charge in [-0.15, -0.1) is 0 Å². The molecule has 0 bridgehead atoms. The Hall–Kier alpha value is -0.960. The Bertz CT molecular complexity index is 434. The van der Waals surface area contributed by atoms with Gasteiger partial charge in [0.1, 0.15) is 0 Å². The quantitative estimate of drug-likeness (QED) is 0.838. The van der Waals surface area contributed by atoms with Crippen LogP contribution in [0, 0.1) is 30.4 Å². The SMILES string of the molecule is Cc1ccc(C2(O)CC(C(C)C)C2)c(F)c1F. The summed E-state index contributed by atoms with van der Waals surface area (Å²) >= 11 is 0. The Kier molecular flexibility index (Phi) is 2.98.